The summed E-state index contributed by atoms with van der Waals surface area (Å²) in [5, 5.41) is 3.67. The van der Waals surface area contributed by atoms with E-state index in [9.17, 15) is 9.59 Å². The van der Waals surface area contributed by atoms with Gasteiger partial charge < -0.3 is 15.0 Å². The van der Waals surface area contributed by atoms with E-state index in [0.29, 0.717) is 34.7 Å². The molecule has 1 aromatic carbocycles. The predicted molar refractivity (Wildman–Crippen MR) is 113 cm³/mol. The largest absolute Gasteiger partial charge is 0.479 e. The zero-order chi connectivity index (χ0) is 21.0. The fraction of sp³-hybridized carbons (Fsp3) is 0.381. The summed E-state index contributed by atoms with van der Waals surface area (Å²) >= 11 is 12.0. The Morgan fingerprint density at radius 3 is 2.76 bits per heavy atom. The standard InChI is InChI=1S/C21H23Cl2N3O3/c1-13-5-8-19(24-11-13)25-20(27)15-4-3-9-26(12-15)21(28)14(2)29-18-7-6-16(22)10-17(18)23/h5-8,10-11,14-15H,3-4,9,12H2,1-2H3,(H,24,25,27). The first-order valence-corrected chi connectivity index (χ1v) is 10.2. The number of rotatable bonds is 5. The first kappa shape index (κ1) is 21.4. The second-order valence-electron chi connectivity index (χ2n) is 7.17. The molecule has 0 aliphatic carbocycles. The SMILES string of the molecule is Cc1ccc(NC(=O)C2CCCN(C(=O)C(C)Oc3ccc(Cl)cc3Cl)C2)nc1. The van der Waals surface area contributed by atoms with Crippen LogP contribution in [-0.2, 0) is 9.59 Å². The molecule has 6 nitrogen and oxygen atoms in total. The molecule has 1 aliphatic rings. The van der Waals surface area contributed by atoms with E-state index in [0.717, 1.165) is 18.4 Å². The van der Waals surface area contributed by atoms with Gasteiger partial charge in [0.25, 0.3) is 5.91 Å². The van der Waals surface area contributed by atoms with Gasteiger partial charge in [-0.05, 0) is 56.5 Å². The molecule has 1 aliphatic heterocycles. The lowest BCUT2D eigenvalue weighted by molar-refractivity contribution is -0.140. The van der Waals surface area contributed by atoms with Crippen LogP contribution in [0.25, 0.3) is 0 Å². The second-order valence-corrected chi connectivity index (χ2v) is 8.01. The minimum Gasteiger partial charge on any atom is -0.479 e. The minimum atomic E-state index is -0.728. The van der Waals surface area contributed by atoms with E-state index in [1.807, 2.05) is 13.0 Å². The highest BCUT2D eigenvalue weighted by atomic mass is 35.5. The fourth-order valence-electron chi connectivity index (χ4n) is 3.23. The quantitative estimate of drug-likeness (QED) is 0.757. The van der Waals surface area contributed by atoms with Crippen molar-refractivity contribution in [3.8, 4) is 5.75 Å². The average molecular weight is 436 g/mol. The molecular formula is C21H23Cl2N3O3. The number of ether oxygens (including phenoxy) is 1. The zero-order valence-electron chi connectivity index (χ0n) is 16.3. The molecule has 2 unspecified atom stereocenters. The van der Waals surface area contributed by atoms with Crippen LogP contribution in [0.5, 0.6) is 5.75 Å². The molecule has 1 aromatic heterocycles. The van der Waals surface area contributed by atoms with Crippen molar-refractivity contribution in [2.45, 2.75) is 32.8 Å². The molecule has 1 saturated heterocycles. The normalized spacial score (nSPS) is 17.5. The number of hydrogen-bond donors (Lipinski definition) is 1. The van der Waals surface area contributed by atoms with E-state index >= 15 is 0 Å². The summed E-state index contributed by atoms with van der Waals surface area (Å²) in [6.45, 7) is 4.54. The summed E-state index contributed by atoms with van der Waals surface area (Å²) in [5.41, 5.74) is 1.02. The monoisotopic (exact) mass is 435 g/mol. The number of aryl methyl sites for hydroxylation is 1. The number of aromatic nitrogens is 1. The molecule has 0 radical (unpaired) electrons. The number of hydrogen-bond acceptors (Lipinski definition) is 4. The van der Waals surface area contributed by atoms with Crippen LogP contribution in [0.3, 0.4) is 0 Å². The summed E-state index contributed by atoms with van der Waals surface area (Å²) in [5.74, 6) is 0.309. The molecule has 8 heteroatoms. The number of anilines is 1. The Balaban J connectivity index is 1.59. The van der Waals surface area contributed by atoms with Gasteiger partial charge >= 0.3 is 0 Å². The summed E-state index contributed by atoms with van der Waals surface area (Å²) in [7, 11) is 0. The number of carbonyl (C=O) groups is 2. The Morgan fingerprint density at radius 2 is 2.07 bits per heavy atom. The number of likely N-dealkylation sites (tertiary alicyclic amines) is 1. The fourth-order valence-corrected chi connectivity index (χ4v) is 3.68. The average Bonchev–Trinajstić information content (AvgIpc) is 2.71. The van der Waals surface area contributed by atoms with Crippen molar-refractivity contribution in [2.24, 2.45) is 5.92 Å². The van der Waals surface area contributed by atoms with Gasteiger partial charge in [0, 0.05) is 24.3 Å². The van der Waals surface area contributed by atoms with E-state index in [1.54, 1.807) is 42.3 Å². The molecule has 154 valence electrons. The Kier molecular flexibility index (Phi) is 6.98. The lowest BCUT2D eigenvalue weighted by atomic mass is 9.96. The Hall–Kier alpha value is -2.31. The van der Waals surface area contributed by atoms with Crippen molar-refractivity contribution in [1.82, 2.24) is 9.88 Å². The second kappa shape index (κ2) is 9.46. The maximum Gasteiger partial charge on any atom is 0.263 e. The first-order chi connectivity index (χ1) is 13.8. The number of piperidine rings is 1. The molecule has 1 N–H and O–H groups in total. The highest BCUT2D eigenvalue weighted by molar-refractivity contribution is 6.35. The minimum absolute atomic E-state index is 0.131. The van der Waals surface area contributed by atoms with Gasteiger partial charge in [-0.15, -0.1) is 0 Å². The van der Waals surface area contributed by atoms with Gasteiger partial charge in [0.05, 0.1) is 10.9 Å². The number of benzene rings is 1. The van der Waals surface area contributed by atoms with Gasteiger partial charge in [0.2, 0.25) is 5.91 Å². The number of pyridine rings is 1. The van der Waals surface area contributed by atoms with E-state index < -0.39 is 6.10 Å². The number of halogens is 2. The van der Waals surface area contributed by atoms with Crippen LogP contribution in [0, 0.1) is 12.8 Å². The topological polar surface area (TPSA) is 71.5 Å². The van der Waals surface area contributed by atoms with Crippen LogP contribution in [0.15, 0.2) is 36.5 Å². The first-order valence-electron chi connectivity index (χ1n) is 9.47. The van der Waals surface area contributed by atoms with Gasteiger partial charge in [0.15, 0.2) is 6.10 Å². The van der Waals surface area contributed by atoms with E-state index in [-0.39, 0.29) is 17.7 Å². The van der Waals surface area contributed by atoms with Gasteiger partial charge in [0.1, 0.15) is 11.6 Å². The smallest absolute Gasteiger partial charge is 0.263 e. The highest BCUT2D eigenvalue weighted by Gasteiger charge is 2.31. The highest BCUT2D eigenvalue weighted by Crippen LogP contribution is 2.29. The molecule has 1 fully saturated rings. The van der Waals surface area contributed by atoms with Crippen LogP contribution in [0.2, 0.25) is 10.0 Å². The van der Waals surface area contributed by atoms with Crippen LogP contribution in [0.4, 0.5) is 5.82 Å². The maximum absolute atomic E-state index is 12.8. The van der Waals surface area contributed by atoms with Gasteiger partial charge in [-0.2, -0.15) is 0 Å². The van der Waals surface area contributed by atoms with Crippen LogP contribution >= 0.6 is 23.2 Å². The van der Waals surface area contributed by atoms with Gasteiger partial charge in [-0.25, -0.2) is 4.98 Å². The molecule has 29 heavy (non-hydrogen) atoms. The zero-order valence-corrected chi connectivity index (χ0v) is 17.8. The van der Waals surface area contributed by atoms with Crippen LogP contribution in [0.1, 0.15) is 25.3 Å². The Morgan fingerprint density at radius 1 is 1.28 bits per heavy atom. The Bertz CT molecular complexity index is 889. The van der Waals surface area contributed by atoms with E-state index in [4.69, 9.17) is 27.9 Å². The van der Waals surface area contributed by atoms with Crippen molar-refractivity contribution in [1.29, 1.82) is 0 Å². The molecule has 2 aromatic rings. The summed E-state index contributed by atoms with van der Waals surface area (Å²) in [6, 6.07) is 8.51. The van der Waals surface area contributed by atoms with Crippen molar-refractivity contribution in [2.75, 3.05) is 18.4 Å². The van der Waals surface area contributed by atoms with Gasteiger partial charge in [-0.1, -0.05) is 29.3 Å². The molecule has 0 spiro atoms. The van der Waals surface area contributed by atoms with Gasteiger partial charge in [-0.3, -0.25) is 9.59 Å². The lowest BCUT2D eigenvalue weighted by Crippen LogP contribution is -2.48. The summed E-state index contributed by atoms with van der Waals surface area (Å²) < 4.78 is 5.73. The molecular weight excluding hydrogens is 413 g/mol. The number of nitrogens with one attached hydrogen (secondary N) is 1. The third-order valence-electron chi connectivity index (χ3n) is 4.81. The number of amides is 2. The number of carbonyl (C=O) groups excluding carboxylic acids is 2. The van der Waals surface area contributed by atoms with Crippen LogP contribution < -0.4 is 10.1 Å². The third-order valence-corrected chi connectivity index (χ3v) is 5.34. The van der Waals surface area contributed by atoms with Crippen molar-refractivity contribution in [3.63, 3.8) is 0 Å². The van der Waals surface area contributed by atoms with Crippen LogP contribution in [-0.4, -0.2) is 40.9 Å². The summed E-state index contributed by atoms with van der Waals surface area (Å²) in [6.07, 6.45) is 2.45. The van der Waals surface area contributed by atoms with Crippen molar-refractivity contribution >= 4 is 40.8 Å². The maximum atomic E-state index is 12.8. The molecule has 2 amide bonds. The van der Waals surface area contributed by atoms with Crippen molar-refractivity contribution < 1.29 is 14.3 Å². The Labute approximate surface area is 180 Å². The number of nitrogens with zero attached hydrogens (tertiary/aromatic N) is 2. The van der Waals surface area contributed by atoms with Crippen molar-refractivity contribution in [3.05, 3.63) is 52.1 Å². The molecule has 2 atom stereocenters. The van der Waals surface area contributed by atoms with E-state index in [2.05, 4.69) is 10.3 Å². The molecule has 0 saturated carbocycles. The molecule has 2 heterocycles. The molecule has 0 bridgehead atoms. The molecule has 3 rings (SSSR count). The summed E-state index contributed by atoms with van der Waals surface area (Å²) in [4.78, 5) is 31.3. The van der Waals surface area contributed by atoms with E-state index in [1.165, 1.54) is 0 Å². The predicted octanol–water partition coefficient (Wildman–Crippen LogP) is 4.34. The third kappa shape index (κ3) is 5.61. The lowest BCUT2D eigenvalue weighted by Gasteiger charge is -2.33.